The molecule has 1 aliphatic carbocycles. The number of carbonyl (C=O) groups is 1. The highest BCUT2D eigenvalue weighted by molar-refractivity contribution is 5.84. The Morgan fingerprint density at radius 3 is 2.58 bits per heavy atom. The van der Waals surface area contributed by atoms with Crippen molar-refractivity contribution in [3.63, 3.8) is 0 Å². The summed E-state index contributed by atoms with van der Waals surface area (Å²) in [6.07, 6.45) is 0.956. The average molecular weight is 525 g/mol. The molecule has 200 valence electrons. The summed E-state index contributed by atoms with van der Waals surface area (Å²) in [6.45, 7) is -0.924. The largest absolute Gasteiger partial charge is 0.394 e. The van der Waals surface area contributed by atoms with E-state index < -0.39 is 42.8 Å². The number of nitrogens with one attached hydrogen (secondary N) is 2. The summed E-state index contributed by atoms with van der Waals surface area (Å²) in [5, 5.41) is 50.3. The van der Waals surface area contributed by atoms with Gasteiger partial charge in [-0.3, -0.25) is 4.79 Å². The number of fused-ring (bicyclic) bond motifs is 1. The zero-order valence-corrected chi connectivity index (χ0v) is 20.2. The summed E-state index contributed by atoms with van der Waals surface area (Å²) >= 11 is 0. The van der Waals surface area contributed by atoms with Gasteiger partial charge in [0.25, 0.3) is 5.95 Å². The fourth-order valence-corrected chi connectivity index (χ4v) is 4.66. The molecule has 0 bridgehead atoms. The van der Waals surface area contributed by atoms with Gasteiger partial charge in [0.2, 0.25) is 11.9 Å². The van der Waals surface area contributed by atoms with E-state index in [-0.39, 0.29) is 24.9 Å². The molecule has 4 aromatic rings. The van der Waals surface area contributed by atoms with Gasteiger partial charge in [-0.2, -0.15) is 14.6 Å². The molecule has 3 aromatic heterocycles. The van der Waals surface area contributed by atoms with Crippen LogP contribution in [-0.4, -0.2) is 98.1 Å². The lowest BCUT2D eigenvalue weighted by Crippen LogP contribution is -2.44. The van der Waals surface area contributed by atoms with Gasteiger partial charge < -0.3 is 41.4 Å². The van der Waals surface area contributed by atoms with Gasteiger partial charge in [-0.25, -0.2) is 9.97 Å². The number of carbonyl (C=O) groups excluding carboxylic acids is 1. The van der Waals surface area contributed by atoms with Crippen LogP contribution in [0.3, 0.4) is 0 Å². The van der Waals surface area contributed by atoms with Gasteiger partial charge in [-0.15, -0.1) is 5.10 Å². The molecule has 1 saturated carbocycles. The van der Waals surface area contributed by atoms with E-state index >= 15 is 0 Å². The summed E-state index contributed by atoms with van der Waals surface area (Å²) in [4.78, 5) is 29.2. The zero-order chi connectivity index (χ0) is 26.8. The minimum atomic E-state index is -1.27. The lowest BCUT2D eigenvalue weighted by atomic mass is 10.1. The maximum Gasteiger partial charge on any atom is 0.256 e. The molecule has 0 unspecified atom stereocenters. The van der Waals surface area contributed by atoms with Crippen LogP contribution in [0.5, 0.6) is 0 Å². The predicted molar refractivity (Wildman–Crippen MR) is 134 cm³/mol. The molecular weight excluding hydrogens is 496 g/mol. The summed E-state index contributed by atoms with van der Waals surface area (Å²) in [7, 11) is 0. The molecule has 1 aliphatic rings. The topological polar surface area (TPSA) is 222 Å². The van der Waals surface area contributed by atoms with Crippen LogP contribution in [0.15, 0.2) is 43.0 Å². The number of aromatic nitrogens is 7. The smallest absolute Gasteiger partial charge is 0.256 e. The molecule has 5 rings (SSSR count). The van der Waals surface area contributed by atoms with Crippen LogP contribution in [0, 0.1) is 0 Å². The Bertz CT molecular complexity index is 1410. The average Bonchev–Trinajstić information content (AvgIpc) is 3.62. The molecule has 1 aromatic carbocycles. The van der Waals surface area contributed by atoms with E-state index in [0.717, 1.165) is 5.56 Å². The Labute approximate surface area is 216 Å². The highest BCUT2D eigenvalue weighted by Gasteiger charge is 2.43. The second-order valence-corrected chi connectivity index (χ2v) is 9.07. The molecule has 0 spiro atoms. The molecule has 0 saturated heterocycles. The highest BCUT2D eigenvalue weighted by Crippen LogP contribution is 2.34. The molecule has 8 N–H and O–H groups in total. The number of benzene rings is 1. The van der Waals surface area contributed by atoms with Gasteiger partial charge in [0.05, 0.1) is 31.1 Å². The van der Waals surface area contributed by atoms with Gasteiger partial charge in [0.15, 0.2) is 17.0 Å². The quantitative estimate of drug-likeness (QED) is 0.128. The van der Waals surface area contributed by atoms with Crippen LogP contribution >= 0.6 is 0 Å². The minimum Gasteiger partial charge on any atom is -0.394 e. The molecule has 0 aliphatic heterocycles. The van der Waals surface area contributed by atoms with Crippen molar-refractivity contribution in [2.24, 2.45) is 0 Å². The summed E-state index contributed by atoms with van der Waals surface area (Å²) in [5.41, 5.74) is 7.37. The molecule has 1 amide bonds. The summed E-state index contributed by atoms with van der Waals surface area (Å²) in [5.74, 6) is -0.219. The molecule has 38 heavy (non-hydrogen) atoms. The Morgan fingerprint density at radius 1 is 1.11 bits per heavy atom. The first-order valence-corrected chi connectivity index (χ1v) is 12.0. The number of amides is 1. The van der Waals surface area contributed by atoms with E-state index in [9.17, 15) is 20.1 Å². The van der Waals surface area contributed by atoms with Gasteiger partial charge in [-0.05, 0) is 18.4 Å². The summed E-state index contributed by atoms with van der Waals surface area (Å²) < 4.78 is 2.88. The van der Waals surface area contributed by atoms with Crippen LogP contribution < -0.4 is 16.4 Å². The normalized spacial score (nSPS) is 22.0. The first-order valence-electron chi connectivity index (χ1n) is 12.0. The van der Waals surface area contributed by atoms with Crippen molar-refractivity contribution >= 4 is 28.8 Å². The van der Waals surface area contributed by atoms with Crippen LogP contribution in [-0.2, 0) is 11.2 Å². The van der Waals surface area contributed by atoms with Crippen molar-refractivity contribution in [3.05, 3.63) is 48.5 Å². The molecule has 1 fully saturated rings. The number of imidazole rings is 1. The van der Waals surface area contributed by atoms with Crippen LogP contribution in [0.25, 0.3) is 17.1 Å². The maximum absolute atomic E-state index is 11.7. The lowest BCUT2D eigenvalue weighted by Gasteiger charge is -2.19. The SMILES string of the molecule is Nc1ncn(-c2nc(N[C@H](CO)Cc3ccccc3)c3ncn([C@@H]4C[C@H](NC(=O)CO)[C@@H](O)[C@H]4O)c3n2)n1. The third-order valence-corrected chi connectivity index (χ3v) is 6.51. The molecule has 3 heterocycles. The van der Waals surface area contributed by atoms with E-state index in [4.69, 9.17) is 10.8 Å². The van der Waals surface area contributed by atoms with Crippen LogP contribution in [0.1, 0.15) is 18.0 Å². The van der Waals surface area contributed by atoms with E-state index in [1.54, 1.807) is 4.57 Å². The monoisotopic (exact) mass is 524 g/mol. The lowest BCUT2D eigenvalue weighted by molar-refractivity contribution is -0.125. The van der Waals surface area contributed by atoms with Crippen molar-refractivity contribution in [1.82, 2.24) is 39.6 Å². The van der Waals surface area contributed by atoms with E-state index in [1.165, 1.54) is 17.3 Å². The zero-order valence-electron chi connectivity index (χ0n) is 20.2. The second kappa shape index (κ2) is 10.7. The molecule has 15 nitrogen and oxygen atoms in total. The standard InChI is InChI=1S/C23H28N10O5/c24-22-26-11-33(31-22)23-29-20(27-13(8-34)6-12-4-2-1-3-5-12)17-21(30-23)32(10-25-17)15-7-14(18(37)19(15)38)28-16(36)9-35/h1-5,10-11,13-15,18-19,34-35,37-38H,6-9H2,(H2,24,31)(H,28,36)(H,27,29,30)/t13-,14-,15+,18+,19-/m0/s1. The number of nitrogens with zero attached hydrogens (tertiary/aromatic N) is 7. The van der Waals surface area contributed by atoms with Gasteiger partial charge in [-0.1, -0.05) is 30.3 Å². The van der Waals surface area contributed by atoms with Crippen LogP contribution in [0.4, 0.5) is 11.8 Å². The maximum atomic E-state index is 11.7. The minimum absolute atomic E-state index is 0.0193. The number of hydrogen-bond donors (Lipinski definition) is 7. The van der Waals surface area contributed by atoms with E-state index in [2.05, 4.69) is 35.7 Å². The first kappa shape index (κ1) is 25.5. The van der Waals surface area contributed by atoms with Crippen molar-refractivity contribution in [3.8, 4) is 5.95 Å². The van der Waals surface area contributed by atoms with Gasteiger partial charge in [0, 0.05) is 0 Å². The Morgan fingerprint density at radius 2 is 1.89 bits per heavy atom. The Hall–Kier alpha value is -4.18. The highest BCUT2D eigenvalue weighted by atomic mass is 16.3. The number of aliphatic hydroxyl groups excluding tert-OH is 4. The Balaban J connectivity index is 1.53. The van der Waals surface area contributed by atoms with Gasteiger partial charge in [0.1, 0.15) is 25.1 Å². The third kappa shape index (κ3) is 4.99. The Kier molecular flexibility index (Phi) is 7.15. The van der Waals surface area contributed by atoms with E-state index in [1.807, 2.05) is 30.3 Å². The van der Waals surface area contributed by atoms with Crippen molar-refractivity contribution in [2.45, 2.75) is 43.2 Å². The molecule has 15 heteroatoms. The van der Waals surface area contributed by atoms with Crippen molar-refractivity contribution in [1.29, 1.82) is 0 Å². The van der Waals surface area contributed by atoms with Gasteiger partial charge >= 0.3 is 0 Å². The molecular formula is C23H28N10O5. The number of nitrogens with two attached hydrogens (primary N) is 1. The fraction of sp³-hybridized carbons (Fsp3) is 0.391. The molecule has 0 radical (unpaired) electrons. The fourth-order valence-electron chi connectivity index (χ4n) is 4.66. The third-order valence-electron chi connectivity index (χ3n) is 6.51. The van der Waals surface area contributed by atoms with E-state index in [0.29, 0.717) is 23.4 Å². The first-order chi connectivity index (χ1) is 18.4. The number of rotatable bonds is 9. The number of hydrogen-bond acceptors (Lipinski definition) is 12. The summed E-state index contributed by atoms with van der Waals surface area (Å²) in [6, 6.07) is 7.76. The molecule has 5 atom stereocenters. The van der Waals surface area contributed by atoms with Crippen molar-refractivity contribution in [2.75, 3.05) is 24.3 Å². The van der Waals surface area contributed by atoms with Crippen molar-refractivity contribution < 1.29 is 25.2 Å². The number of nitrogen functional groups attached to an aromatic ring is 1. The predicted octanol–water partition coefficient (Wildman–Crippen LogP) is -1.85. The van der Waals surface area contributed by atoms with Crippen LogP contribution in [0.2, 0.25) is 0 Å². The number of aliphatic hydroxyl groups is 4. The number of anilines is 2. The second-order valence-electron chi connectivity index (χ2n) is 9.07.